The number of aliphatic hydroxyl groups is 5. The number of nitrogens with one attached hydrogen (secondary N) is 1. The molecule has 2 fully saturated rings. The van der Waals surface area contributed by atoms with E-state index < -0.39 is 132 Å². The summed E-state index contributed by atoms with van der Waals surface area (Å²) >= 11 is 6.72. The molecule has 0 radical (unpaired) electrons. The topological polar surface area (TPSA) is 413 Å². The molecule has 11 N–H and O–H groups in total. The van der Waals surface area contributed by atoms with Crippen LogP contribution >= 0.6 is 47.5 Å². The van der Waals surface area contributed by atoms with Crippen molar-refractivity contribution in [1.82, 2.24) is 10.2 Å². The molecule has 72 heavy (non-hydrogen) atoms. The molecule has 14 atom stereocenters. The van der Waals surface area contributed by atoms with Gasteiger partial charge >= 0.3 is 33.6 Å². The zero-order valence-corrected chi connectivity index (χ0v) is 41.3. The number of ether oxygens (including phenoxy) is 6. The lowest BCUT2D eigenvalue weighted by molar-refractivity contribution is -0.277. The van der Waals surface area contributed by atoms with E-state index in [4.69, 9.17) is 43.2 Å². The number of aliphatic hydroxyl groups excluding tert-OH is 5. The summed E-state index contributed by atoms with van der Waals surface area (Å²) in [7, 11) is -11.5. The van der Waals surface area contributed by atoms with Crippen LogP contribution in [0.2, 0.25) is 0 Å². The maximum absolute atomic E-state index is 13.6. The van der Waals surface area contributed by atoms with Crippen molar-refractivity contribution >= 4 is 83.6 Å². The highest BCUT2D eigenvalue weighted by Crippen LogP contribution is 2.63. The molecule has 0 saturated carbocycles. The van der Waals surface area contributed by atoms with Crippen molar-refractivity contribution in [3.8, 4) is 23.0 Å². The normalized spacial score (nSPS) is 31.7. The number of aliphatic imine (C=N–C) groups is 2. The van der Waals surface area contributed by atoms with E-state index >= 15 is 0 Å². The van der Waals surface area contributed by atoms with Crippen molar-refractivity contribution in [3.05, 3.63) is 79.2 Å². The third-order valence-electron chi connectivity index (χ3n) is 12.0. The van der Waals surface area contributed by atoms with Gasteiger partial charge in [0.15, 0.2) is 47.8 Å². The van der Waals surface area contributed by atoms with E-state index in [1.165, 1.54) is 54.3 Å². The minimum atomic E-state index is -5.83. The number of halogens is 2. The first-order chi connectivity index (χ1) is 33.9. The van der Waals surface area contributed by atoms with Gasteiger partial charge in [-0.2, -0.15) is 4.31 Å². The maximum atomic E-state index is 13.6. The van der Waals surface area contributed by atoms with Gasteiger partial charge in [0.05, 0.1) is 36.8 Å². The predicted molar refractivity (Wildman–Crippen MR) is 241 cm³/mol. The van der Waals surface area contributed by atoms with Crippen LogP contribution in [-0.4, -0.2) is 162 Å². The Hall–Kier alpha value is -4.98. The van der Waals surface area contributed by atoms with Crippen LogP contribution in [0.15, 0.2) is 61.4 Å². The summed E-state index contributed by atoms with van der Waals surface area (Å²) in [6.45, 7) is -0.465. The second-order valence-electron chi connectivity index (χ2n) is 16.5. The number of phosphoric acid groups is 2. The first kappa shape index (κ1) is 51.9. The fraction of sp³-hybridized carbons (Fsp3) is 0.400. The number of phenolic OH excluding ortho intramolecular Hbond substituents is 1. The number of hydrogen-bond donors (Lipinski definition) is 10. The van der Waals surface area contributed by atoms with E-state index in [9.17, 15) is 68.7 Å². The average Bonchev–Trinajstić information content (AvgIpc) is 3.96. The summed E-state index contributed by atoms with van der Waals surface area (Å²) in [6.07, 6.45) is -17.4. The number of carbonyl (C=O) groups excluding carboxylic acids is 4. The SMILES string of the molecule is CC(=O)Oc1ccc2c(c1Br)Oc1c(ccc(O)c1Br)C21OC(=O)c2ccc(C(=O)OCCC3O[C@H](OP(=O)(O)OP(=O)(O)OC[C@H]4O[C@@H](N5C=NC6C(=O)NC(N)=NC65)[C@@H](O)[C@H]4O)C(O)C(O)[C@@H]3O)cc21. The number of guanidine groups is 1. The average molecular weight is 1180 g/mol. The zero-order chi connectivity index (χ0) is 51.9. The van der Waals surface area contributed by atoms with Crippen LogP contribution in [-0.2, 0) is 56.6 Å². The lowest BCUT2D eigenvalue weighted by Crippen LogP contribution is -2.58. The van der Waals surface area contributed by atoms with E-state index in [1.54, 1.807) is 0 Å². The Bertz CT molecular complexity index is 2930. The second-order valence-corrected chi connectivity index (χ2v) is 21.1. The number of phenols is 1. The predicted octanol–water partition coefficient (Wildman–Crippen LogP) is -0.0546. The van der Waals surface area contributed by atoms with Crippen molar-refractivity contribution < 1.29 is 111 Å². The molecule has 6 aliphatic heterocycles. The molecule has 3 aromatic carbocycles. The van der Waals surface area contributed by atoms with Crippen LogP contribution in [0.5, 0.6) is 23.0 Å². The number of nitrogens with two attached hydrogens (primary N) is 1. The number of benzene rings is 3. The Morgan fingerprint density at radius 3 is 2.31 bits per heavy atom. The van der Waals surface area contributed by atoms with Crippen LogP contribution in [0.4, 0.5) is 0 Å². The molecule has 28 nitrogen and oxygen atoms in total. The lowest BCUT2D eigenvalue weighted by atomic mass is 9.77. The van der Waals surface area contributed by atoms with Crippen LogP contribution in [0.1, 0.15) is 50.8 Å². The maximum Gasteiger partial charge on any atom is 0.483 e. The van der Waals surface area contributed by atoms with E-state index in [0.717, 1.165) is 6.34 Å². The first-order valence-corrected chi connectivity index (χ1v) is 25.6. The second kappa shape index (κ2) is 19.4. The molecule has 6 aliphatic rings. The molecule has 0 aliphatic carbocycles. The molecule has 32 heteroatoms. The zero-order valence-electron chi connectivity index (χ0n) is 36.4. The molecule has 8 unspecified atom stereocenters. The van der Waals surface area contributed by atoms with Gasteiger partial charge in [0.2, 0.25) is 0 Å². The van der Waals surface area contributed by atoms with E-state index in [1.807, 2.05) is 0 Å². The molecule has 1 spiro atoms. The molecule has 0 bridgehead atoms. The first-order valence-electron chi connectivity index (χ1n) is 21.0. The summed E-state index contributed by atoms with van der Waals surface area (Å²) in [6, 6.07) is 8.51. The fourth-order valence-electron chi connectivity index (χ4n) is 8.68. The van der Waals surface area contributed by atoms with E-state index in [-0.39, 0.29) is 65.7 Å². The molecule has 1 amide bonds. The van der Waals surface area contributed by atoms with Gasteiger partial charge in [-0.25, -0.2) is 23.7 Å². The number of rotatable bonds is 13. The molecule has 3 aromatic rings. The van der Waals surface area contributed by atoms with Gasteiger partial charge in [0, 0.05) is 30.0 Å². The number of phosphoric ester groups is 2. The van der Waals surface area contributed by atoms with Crippen LogP contribution in [0, 0.1) is 0 Å². The number of carbonyl (C=O) groups is 4. The Morgan fingerprint density at radius 2 is 1.58 bits per heavy atom. The number of nitrogens with zero attached hydrogens (tertiary/aromatic N) is 3. The van der Waals surface area contributed by atoms with Gasteiger partial charge < -0.3 is 79.5 Å². The van der Waals surface area contributed by atoms with Crippen molar-refractivity contribution in [2.24, 2.45) is 15.7 Å². The number of aromatic hydroxyl groups is 1. The summed E-state index contributed by atoms with van der Waals surface area (Å²) in [4.78, 5) is 81.3. The Kier molecular flexibility index (Phi) is 14.0. The van der Waals surface area contributed by atoms with Gasteiger partial charge in [-0.15, -0.1) is 0 Å². The highest BCUT2D eigenvalue weighted by atomic mass is 79.9. The van der Waals surface area contributed by atoms with Crippen molar-refractivity contribution in [2.75, 3.05) is 13.2 Å². The Morgan fingerprint density at radius 1 is 0.889 bits per heavy atom. The van der Waals surface area contributed by atoms with Gasteiger partial charge in [-0.3, -0.25) is 28.9 Å². The molecule has 6 heterocycles. The van der Waals surface area contributed by atoms with Crippen LogP contribution < -0.4 is 20.5 Å². The summed E-state index contributed by atoms with van der Waals surface area (Å²) < 4.78 is 74.0. The third-order valence-corrected chi connectivity index (χ3v) is 16.1. The van der Waals surface area contributed by atoms with E-state index in [2.05, 4.69) is 51.5 Å². The molecule has 2 saturated heterocycles. The molecule has 386 valence electrons. The smallest absolute Gasteiger partial charge is 0.483 e. The van der Waals surface area contributed by atoms with Gasteiger partial charge in [-0.05, 0) is 74.3 Å². The number of esters is 3. The molecular formula is C40H39Br2N5O23P2. The van der Waals surface area contributed by atoms with E-state index in [0.29, 0.717) is 0 Å². The number of amides is 1. The summed E-state index contributed by atoms with van der Waals surface area (Å²) in [5, 5.41) is 66.1. The molecule has 9 rings (SSSR count). The minimum Gasteiger partial charge on any atom is -0.507 e. The Labute approximate surface area is 420 Å². The largest absolute Gasteiger partial charge is 0.507 e. The van der Waals surface area contributed by atoms with Crippen LogP contribution in [0.25, 0.3) is 0 Å². The summed E-state index contributed by atoms with van der Waals surface area (Å²) in [5.41, 5.74) is 4.28. The monoisotopic (exact) mass is 1180 g/mol. The molecule has 0 aromatic heterocycles. The highest BCUT2D eigenvalue weighted by molar-refractivity contribution is 9.11. The highest BCUT2D eigenvalue weighted by Gasteiger charge is 2.56. The van der Waals surface area contributed by atoms with Crippen molar-refractivity contribution in [1.29, 1.82) is 0 Å². The fourth-order valence-corrected chi connectivity index (χ4v) is 11.8. The van der Waals surface area contributed by atoms with Crippen molar-refractivity contribution in [3.63, 3.8) is 0 Å². The Balaban J connectivity index is 0.845. The standard InChI is InChI=1S/C40H39Br2N5O23P2/c1-13(48)64-20-7-5-17-32(24(20)42)67-31-16(4-6-19(49)23(31)41)40(17)18-10-14(2-3-15(18)37(57)68-40)36(56)62-9-8-21-26(50)28(52)30(54)38(66-21)69-72(60,61)70-71(58,59)63-11-22-27(51)29(53)35(65-22)47-12-44-25-33(47)45-39(43)46-34(25)55/h2-7,10,12,21-22,25-30,33,35,38,49-54H,8-9,11H2,1H3,(H,58,59)(H,60,61)(H3,43,45,46,55)/t21?,22-,25?,26-,27+,28?,29+,30?,33?,35-,38-,40?/m1/s1. The third kappa shape index (κ3) is 9.33. The number of fused-ring (bicyclic) bond motifs is 7. The quantitative estimate of drug-likeness (QED) is 0.0609. The summed E-state index contributed by atoms with van der Waals surface area (Å²) in [5.74, 6) is -3.47. The number of hydrogen-bond acceptors (Lipinski definition) is 25. The van der Waals surface area contributed by atoms with Crippen molar-refractivity contribution in [2.45, 2.75) is 86.4 Å². The van der Waals surface area contributed by atoms with Crippen LogP contribution in [0.3, 0.4) is 0 Å². The lowest BCUT2D eigenvalue weighted by Gasteiger charge is -2.40. The van der Waals surface area contributed by atoms with Gasteiger partial charge in [0.25, 0.3) is 5.91 Å². The van der Waals surface area contributed by atoms with Gasteiger partial charge in [-0.1, -0.05) is 0 Å². The van der Waals surface area contributed by atoms with Gasteiger partial charge in [0.1, 0.15) is 57.1 Å². The minimum absolute atomic E-state index is 0.0139. The molecular weight excluding hydrogens is 1140 g/mol.